The number of ether oxygens (including phenoxy) is 1. The Kier molecular flexibility index (Phi) is 6.67. The van der Waals surface area contributed by atoms with Gasteiger partial charge in [-0.2, -0.15) is 0 Å². The van der Waals surface area contributed by atoms with Crippen LogP contribution in [-0.2, 0) is 16.6 Å². The zero-order valence-electron chi connectivity index (χ0n) is 18.6. The minimum Gasteiger partial charge on any atom is -0.507 e. The number of hydrogen-bond acceptors (Lipinski definition) is 9. The second-order valence-electron chi connectivity index (χ2n) is 7.48. The maximum atomic E-state index is 12.8. The summed E-state index contributed by atoms with van der Waals surface area (Å²) in [6.45, 7) is 3.49. The zero-order valence-corrected chi connectivity index (χ0v) is 20.2. The average molecular weight is 513 g/mol. The minimum atomic E-state index is -3.78. The fraction of sp³-hybridized carbons (Fsp3) is 0.130. The fourth-order valence-corrected chi connectivity index (χ4v) is 5.74. The van der Waals surface area contributed by atoms with Crippen molar-refractivity contribution >= 4 is 33.0 Å². The smallest absolute Gasteiger partial charge is 0.339 e. The van der Waals surface area contributed by atoms with Gasteiger partial charge in [-0.1, -0.05) is 12.1 Å². The molecule has 35 heavy (non-hydrogen) atoms. The summed E-state index contributed by atoms with van der Waals surface area (Å²) in [7, 11) is -3.78. The number of aromatic hydroxyl groups is 1. The van der Waals surface area contributed by atoms with Crippen LogP contribution in [-0.4, -0.2) is 39.6 Å². The van der Waals surface area contributed by atoms with Gasteiger partial charge >= 0.3 is 5.97 Å². The predicted octanol–water partition coefficient (Wildman–Crippen LogP) is 4.00. The van der Waals surface area contributed by atoms with E-state index in [1.807, 2.05) is 0 Å². The molecule has 0 atom stereocenters. The number of aromatic carboxylic acids is 1. The number of rotatable bonds is 8. The number of carbonyl (C=O) groups is 1. The Morgan fingerprint density at radius 3 is 2.51 bits per heavy atom. The summed E-state index contributed by atoms with van der Waals surface area (Å²) in [5, 5.41) is 19.3. The number of nitrogens with one attached hydrogen (secondary N) is 1. The van der Waals surface area contributed by atoms with E-state index in [1.54, 1.807) is 50.5 Å². The number of carboxylic acids is 1. The number of sulfonamides is 1. The summed E-state index contributed by atoms with van der Waals surface area (Å²) >= 11 is 1.11. The molecule has 2 aromatic heterocycles. The second kappa shape index (κ2) is 9.68. The number of thiazole rings is 1. The second-order valence-corrected chi connectivity index (χ2v) is 10.6. The van der Waals surface area contributed by atoms with E-state index in [0.29, 0.717) is 33.3 Å². The lowest BCUT2D eigenvalue weighted by atomic mass is 10.2. The molecule has 0 fully saturated rings. The summed E-state index contributed by atoms with van der Waals surface area (Å²) in [5.74, 6) is -0.949. The molecule has 0 amide bonds. The molecule has 2 aromatic carbocycles. The third kappa shape index (κ3) is 5.55. The molecule has 4 rings (SSSR count). The van der Waals surface area contributed by atoms with Gasteiger partial charge in [0.15, 0.2) is 10.0 Å². The molecule has 0 spiro atoms. The molecule has 0 saturated carbocycles. The molecule has 0 unspecified atom stereocenters. The first-order chi connectivity index (χ1) is 16.6. The highest BCUT2D eigenvalue weighted by atomic mass is 32.2. The number of benzene rings is 2. The van der Waals surface area contributed by atoms with Gasteiger partial charge < -0.3 is 14.9 Å². The van der Waals surface area contributed by atoms with Gasteiger partial charge in [0.05, 0.1) is 10.7 Å². The van der Waals surface area contributed by atoms with E-state index in [-0.39, 0.29) is 27.9 Å². The Balaban J connectivity index is 1.46. The number of carboxylic acid groups (broad SMARTS) is 1. The fourth-order valence-electron chi connectivity index (χ4n) is 3.21. The van der Waals surface area contributed by atoms with Crippen LogP contribution in [0.2, 0.25) is 0 Å². The Hall–Kier alpha value is -4.03. The number of aromatic nitrogens is 3. The Labute approximate surface area is 205 Å². The summed E-state index contributed by atoms with van der Waals surface area (Å²) in [6.07, 6.45) is 3.11. The molecule has 0 saturated heterocycles. The standard InChI is InChI=1S/C23H20N4O6S2/c1-13-23(34-14(2)26-13)35(31,32)27-17-5-3-4-16(8-17)21-24-10-15(11-25-21)12-33-18-6-7-20(28)19(9-18)22(29)30/h3-11,27-28H,12H2,1-2H3,(H,29,30). The van der Waals surface area contributed by atoms with Crippen molar-refractivity contribution < 1.29 is 28.2 Å². The van der Waals surface area contributed by atoms with Crippen LogP contribution in [0.15, 0.2) is 59.1 Å². The van der Waals surface area contributed by atoms with E-state index >= 15 is 0 Å². The first-order valence-corrected chi connectivity index (χ1v) is 12.5. The summed E-state index contributed by atoms with van der Waals surface area (Å²) < 4.78 is 33.8. The van der Waals surface area contributed by atoms with Gasteiger partial charge in [0.25, 0.3) is 10.0 Å². The van der Waals surface area contributed by atoms with E-state index in [0.717, 1.165) is 11.3 Å². The van der Waals surface area contributed by atoms with E-state index < -0.39 is 16.0 Å². The molecular weight excluding hydrogens is 492 g/mol. The van der Waals surface area contributed by atoms with Crippen molar-refractivity contribution in [2.45, 2.75) is 24.7 Å². The van der Waals surface area contributed by atoms with Crippen LogP contribution >= 0.6 is 11.3 Å². The van der Waals surface area contributed by atoms with E-state index in [1.165, 1.54) is 18.2 Å². The van der Waals surface area contributed by atoms with Gasteiger partial charge in [-0.25, -0.2) is 28.2 Å². The molecule has 0 radical (unpaired) electrons. The topological polar surface area (TPSA) is 152 Å². The van der Waals surface area contributed by atoms with E-state index in [2.05, 4.69) is 19.7 Å². The minimum absolute atomic E-state index is 0.0809. The third-order valence-corrected chi connectivity index (χ3v) is 7.85. The van der Waals surface area contributed by atoms with Crippen LogP contribution in [0.3, 0.4) is 0 Å². The normalized spacial score (nSPS) is 11.3. The van der Waals surface area contributed by atoms with Crippen molar-refractivity contribution in [1.82, 2.24) is 15.0 Å². The number of phenols is 1. The zero-order chi connectivity index (χ0) is 25.2. The molecule has 0 bridgehead atoms. The Morgan fingerprint density at radius 1 is 1.11 bits per heavy atom. The first kappa shape index (κ1) is 24.1. The molecule has 180 valence electrons. The molecular formula is C23H20N4O6S2. The lowest BCUT2D eigenvalue weighted by Gasteiger charge is -2.09. The quantitative estimate of drug-likeness (QED) is 0.318. The summed E-state index contributed by atoms with van der Waals surface area (Å²) in [4.78, 5) is 24.0. The highest BCUT2D eigenvalue weighted by Crippen LogP contribution is 2.27. The van der Waals surface area contributed by atoms with Gasteiger partial charge in [0.1, 0.15) is 23.7 Å². The number of anilines is 1. The van der Waals surface area contributed by atoms with Crippen LogP contribution < -0.4 is 9.46 Å². The SMILES string of the molecule is Cc1nc(C)c(S(=O)(=O)Nc2cccc(-c3ncc(COc4ccc(O)c(C(=O)O)c4)cn3)c2)s1. The van der Waals surface area contributed by atoms with E-state index in [9.17, 15) is 18.3 Å². The summed E-state index contributed by atoms with van der Waals surface area (Å²) in [6, 6.07) is 10.7. The largest absolute Gasteiger partial charge is 0.507 e. The lowest BCUT2D eigenvalue weighted by Crippen LogP contribution is -2.12. The van der Waals surface area contributed by atoms with Crippen molar-refractivity contribution in [3.63, 3.8) is 0 Å². The molecule has 0 aliphatic rings. The van der Waals surface area contributed by atoms with Crippen LogP contribution in [0.1, 0.15) is 26.6 Å². The monoisotopic (exact) mass is 512 g/mol. The summed E-state index contributed by atoms with van der Waals surface area (Å²) in [5.41, 5.74) is 1.80. The maximum absolute atomic E-state index is 12.8. The van der Waals surface area contributed by atoms with Crippen molar-refractivity contribution in [1.29, 1.82) is 0 Å². The Bertz CT molecular complexity index is 1500. The van der Waals surface area contributed by atoms with Gasteiger partial charge in [-0.15, -0.1) is 11.3 Å². The molecule has 12 heteroatoms. The number of hydrogen-bond donors (Lipinski definition) is 3. The Morgan fingerprint density at radius 2 is 1.86 bits per heavy atom. The average Bonchev–Trinajstić information content (AvgIpc) is 3.17. The third-order valence-electron chi connectivity index (χ3n) is 4.79. The van der Waals surface area contributed by atoms with Gasteiger partial charge in [-0.05, 0) is 44.2 Å². The van der Waals surface area contributed by atoms with Gasteiger partial charge in [-0.3, -0.25) is 4.72 Å². The molecule has 10 nitrogen and oxygen atoms in total. The predicted molar refractivity (Wildman–Crippen MR) is 129 cm³/mol. The highest BCUT2D eigenvalue weighted by Gasteiger charge is 2.21. The van der Waals surface area contributed by atoms with Crippen LogP contribution in [0.25, 0.3) is 11.4 Å². The van der Waals surface area contributed by atoms with Crippen LogP contribution in [0.5, 0.6) is 11.5 Å². The molecule has 0 aliphatic carbocycles. The maximum Gasteiger partial charge on any atom is 0.339 e. The molecule has 3 N–H and O–H groups in total. The first-order valence-electron chi connectivity index (χ1n) is 10.2. The van der Waals surface area contributed by atoms with E-state index in [4.69, 9.17) is 9.84 Å². The van der Waals surface area contributed by atoms with Gasteiger partial charge in [0.2, 0.25) is 0 Å². The molecule has 4 aromatic rings. The van der Waals surface area contributed by atoms with Gasteiger partial charge in [0, 0.05) is 29.2 Å². The van der Waals surface area contributed by atoms with Crippen molar-refractivity contribution in [2.75, 3.05) is 4.72 Å². The lowest BCUT2D eigenvalue weighted by molar-refractivity contribution is 0.0693. The molecule has 0 aliphatic heterocycles. The van der Waals surface area contributed by atoms with Crippen LogP contribution in [0.4, 0.5) is 5.69 Å². The van der Waals surface area contributed by atoms with Crippen LogP contribution in [0, 0.1) is 13.8 Å². The van der Waals surface area contributed by atoms with Crippen molar-refractivity contribution in [2.24, 2.45) is 0 Å². The number of aryl methyl sites for hydroxylation is 2. The van der Waals surface area contributed by atoms with Crippen molar-refractivity contribution in [3.05, 3.63) is 76.7 Å². The molecule has 2 heterocycles. The highest BCUT2D eigenvalue weighted by molar-refractivity contribution is 7.94. The number of nitrogens with zero attached hydrogens (tertiary/aromatic N) is 3. The van der Waals surface area contributed by atoms with Crippen molar-refractivity contribution in [3.8, 4) is 22.9 Å².